The lowest BCUT2D eigenvalue weighted by Crippen LogP contribution is -2.17. The van der Waals surface area contributed by atoms with Crippen molar-refractivity contribution >= 4 is 11.6 Å². The van der Waals surface area contributed by atoms with Crippen molar-refractivity contribution in [3.63, 3.8) is 0 Å². The summed E-state index contributed by atoms with van der Waals surface area (Å²) < 4.78 is 1.72. The Balaban J connectivity index is 2.47. The molecule has 1 unspecified atom stereocenters. The van der Waals surface area contributed by atoms with Crippen LogP contribution in [0.15, 0.2) is 30.5 Å². The van der Waals surface area contributed by atoms with Crippen molar-refractivity contribution in [2.45, 2.75) is 13.0 Å². The molecule has 0 aliphatic carbocycles. The summed E-state index contributed by atoms with van der Waals surface area (Å²) in [5.74, 6) is 0. The summed E-state index contributed by atoms with van der Waals surface area (Å²) in [6, 6.07) is 7.80. The summed E-state index contributed by atoms with van der Waals surface area (Å²) in [5, 5.41) is 4.71. The van der Waals surface area contributed by atoms with Crippen molar-refractivity contribution in [2.75, 3.05) is 0 Å². The van der Waals surface area contributed by atoms with Crippen LogP contribution >= 0.6 is 11.6 Å². The average Bonchev–Trinajstić information content (AvgIpc) is 2.58. The SMILES string of the molecule is Cc1ccccc1C(N)c1c(Cl)cnn1C. The highest BCUT2D eigenvalue weighted by molar-refractivity contribution is 6.31. The molecule has 0 amide bonds. The van der Waals surface area contributed by atoms with Gasteiger partial charge in [0.2, 0.25) is 0 Å². The third-order valence-electron chi connectivity index (χ3n) is 2.76. The first-order chi connectivity index (χ1) is 7.61. The molecule has 0 aliphatic heterocycles. The predicted octanol–water partition coefficient (Wildman–Crippen LogP) is 2.43. The van der Waals surface area contributed by atoms with Crippen LogP contribution in [0.2, 0.25) is 5.02 Å². The van der Waals surface area contributed by atoms with Crippen LogP contribution in [0.3, 0.4) is 0 Å². The molecule has 0 spiro atoms. The van der Waals surface area contributed by atoms with Crippen LogP contribution < -0.4 is 5.73 Å². The molecule has 1 heterocycles. The van der Waals surface area contributed by atoms with Gasteiger partial charge in [-0.1, -0.05) is 35.9 Å². The van der Waals surface area contributed by atoms with Gasteiger partial charge >= 0.3 is 0 Å². The molecule has 2 aromatic rings. The molecule has 0 radical (unpaired) electrons. The number of rotatable bonds is 2. The number of aromatic nitrogens is 2. The average molecular weight is 236 g/mol. The van der Waals surface area contributed by atoms with E-state index in [-0.39, 0.29) is 6.04 Å². The van der Waals surface area contributed by atoms with E-state index in [4.69, 9.17) is 17.3 Å². The molecule has 0 fully saturated rings. The Morgan fingerprint density at radius 3 is 2.62 bits per heavy atom. The number of aryl methyl sites for hydroxylation is 2. The highest BCUT2D eigenvalue weighted by Crippen LogP contribution is 2.27. The fraction of sp³-hybridized carbons (Fsp3) is 0.250. The zero-order valence-electron chi connectivity index (χ0n) is 9.31. The third kappa shape index (κ3) is 1.84. The fourth-order valence-corrected chi connectivity index (χ4v) is 2.14. The minimum absolute atomic E-state index is 0.235. The van der Waals surface area contributed by atoms with Gasteiger partial charge in [0.05, 0.1) is 23.0 Å². The normalized spacial score (nSPS) is 12.8. The number of halogens is 1. The molecular formula is C12H14ClN3. The first-order valence-corrected chi connectivity index (χ1v) is 5.47. The second-order valence-electron chi connectivity index (χ2n) is 3.84. The monoisotopic (exact) mass is 235 g/mol. The second-order valence-corrected chi connectivity index (χ2v) is 4.24. The number of hydrogen-bond donors (Lipinski definition) is 1. The Bertz CT molecular complexity index is 485. The molecule has 0 saturated carbocycles. The summed E-state index contributed by atoms with van der Waals surface area (Å²) in [5.41, 5.74) is 9.30. The van der Waals surface area contributed by atoms with Crippen LogP contribution in [0.25, 0.3) is 0 Å². The molecule has 2 rings (SSSR count). The Morgan fingerprint density at radius 2 is 2.06 bits per heavy atom. The van der Waals surface area contributed by atoms with Crippen molar-refractivity contribution in [3.05, 3.63) is 52.3 Å². The largest absolute Gasteiger partial charge is 0.319 e. The number of benzene rings is 1. The van der Waals surface area contributed by atoms with Gasteiger partial charge in [-0.15, -0.1) is 0 Å². The van der Waals surface area contributed by atoms with Gasteiger partial charge in [-0.3, -0.25) is 4.68 Å². The highest BCUT2D eigenvalue weighted by Gasteiger charge is 2.18. The van der Waals surface area contributed by atoms with Crippen molar-refractivity contribution in [1.82, 2.24) is 9.78 Å². The van der Waals surface area contributed by atoms with Crippen LogP contribution in [0.1, 0.15) is 22.9 Å². The van der Waals surface area contributed by atoms with Gasteiger partial charge in [0, 0.05) is 7.05 Å². The van der Waals surface area contributed by atoms with Gasteiger partial charge < -0.3 is 5.73 Å². The maximum atomic E-state index is 6.22. The van der Waals surface area contributed by atoms with E-state index in [1.807, 2.05) is 38.2 Å². The maximum absolute atomic E-state index is 6.22. The van der Waals surface area contributed by atoms with Crippen molar-refractivity contribution in [2.24, 2.45) is 12.8 Å². The quantitative estimate of drug-likeness (QED) is 0.869. The topological polar surface area (TPSA) is 43.8 Å². The van der Waals surface area contributed by atoms with E-state index in [9.17, 15) is 0 Å². The van der Waals surface area contributed by atoms with Crippen molar-refractivity contribution < 1.29 is 0 Å². The van der Waals surface area contributed by atoms with Gasteiger partial charge in [0.25, 0.3) is 0 Å². The summed E-state index contributed by atoms with van der Waals surface area (Å²) in [7, 11) is 1.85. The second kappa shape index (κ2) is 4.28. The summed E-state index contributed by atoms with van der Waals surface area (Å²) in [6.07, 6.45) is 1.62. The Labute approximate surface area is 99.8 Å². The van der Waals surface area contributed by atoms with E-state index in [0.29, 0.717) is 5.02 Å². The van der Waals surface area contributed by atoms with Crippen LogP contribution in [-0.4, -0.2) is 9.78 Å². The van der Waals surface area contributed by atoms with Gasteiger partial charge in [-0.25, -0.2) is 0 Å². The van der Waals surface area contributed by atoms with E-state index in [2.05, 4.69) is 5.10 Å². The zero-order chi connectivity index (χ0) is 11.7. The molecule has 0 saturated heterocycles. The smallest absolute Gasteiger partial charge is 0.0837 e. The number of hydrogen-bond acceptors (Lipinski definition) is 2. The minimum Gasteiger partial charge on any atom is -0.319 e. The van der Waals surface area contributed by atoms with Crippen LogP contribution in [-0.2, 0) is 7.05 Å². The Hall–Kier alpha value is -1.32. The van der Waals surface area contributed by atoms with E-state index < -0.39 is 0 Å². The lowest BCUT2D eigenvalue weighted by Gasteiger charge is -2.15. The Kier molecular flexibility index (Phi) is 2.99. The molecule has 3 nitrogen and oxygen atoms in total. The maximum Gasteiger partial charge on any atom is 0.0837 e. The van der Waals surface area contributed by atoms with Crippen LogP contribution in [0.4, 0.5) is 0 Å². The van der Waals surface area contributed by atoms with Crippen LogP contribution in [0.5, 0.6) is 0 Å². The van der Waals surface area contributed by atoms with E-state index >= 15 is 0 Å². The molecule has 2 N–H and O–H groups in total. The lowest BCUT2D eigenvalue weighted by molar-refractivity contribution is 0.671. The third-order valence-corrected chi connectivity index (χ3v) is 3.05. The van der Waals surface area contributed by atoms with Gasteiger partial charge in [0.15, 0.2) is 0 Å². The molecule has 1 atom stereocenters. The van der Waals surface area contributed by atoms with Gasteiger partial charge in [0.1, 0.15) is 0 Å². The van der Waals surface area contributed by atoms with Gasteiger partial charge in [-0.2, -0.15) is 5.10 Å². The summed E-state index contributed by atoms with van der Waals surface area (Å²) in [4.78, 5) is 0. The highest BCUT2D eigenvalue weighted by atomic mass is 35.5. The minimum atomic E-state index is -0.235. The molecular weight excluding hydrogens is 222 g/mol. The molecule has 0 bridgehead atoms. The Morgan fingerprint density at radius 1 is 1.38 bits per heavy atom. The molecule has 1 aromatic heterocycles. The predicted molar refractivity (Wildman–Crippen MR) is 65.4 cm³/mol. The van der Waals surface area contributed by atoms with Crippen molar-refractivity contribution in [3.8, 4) is 0 Å². The zero-order valence-corrected chi connectivity index (χ0v) is 10.1. The standard InChI is InChI=1S/C12H14ClN3/c1-8-5-3-4-6-9(8)11(14)12-10(13)7-15-16(12)2/h3-7,11H,14H2,1-2H3. The first kappa shape index (κ1) is 11.2. The van der Waals surface area contributed by atoms with E-state index in [0.717, 1.165) is 16.8 Å². The molecule has 1 aromatic carbocycles. The first-order valence-electron chi connectivity index (χ1n) is 5.09. The van der Waals surface area contributed by atoms with Crippen molar-refractivity contribution in [1.29, 1.82) is 0 Å². The van der Waals surface area contributed by atoms with Gasteiger partial charge in [-0.05, 0) is 18.1 Å². The molecule has 0 aliphatic rings. The summed E-state index contributed by atoms with van der Waals surface area (Å²) in [6.45, 7) is 2.04. The lowest BCUT2D eigenvalue weighted by atomic mass is 9.99. The van der Waals surface area contributed by atoms with E-state index in [1.165, 1.54) is 0 Å². The number of nitrogens with zero attached hydrogens (tertiary/aromatic N) is 2. The van der Waals surface area contributed by atoms with E-state index in [1.54, 1.807) is 10.9 Å². The molecule has 84 valence electrons. The molecule has 16 heavy (non-hydrogen) atoms. The fourth-order valence-electron chi connectivity index (χ4n) is 1.85. The molecule has 4 heteroatoms. The van der Waals surface area contributed by atoms with Crippen LogP contribution in [0, 0.1) is 6.92 Å². The number of nitrogens with two attached hydrogens (primary N) is 1. The summed E-state index contributed by atoms with van der Waals surface area (Å²) >= 11 is 6.08.